The van der Waals surface area contributed by atoms with Gasteiger partial charge in [0.2, 0.25) is 0 Å². The predicted octanol–water partition coefficient (Wildman–Crippen LogP) is 0.275. The largest absolute Gasteiger partial charge is 0.312 e. The summed E-state index contributed by atoms with van der Waals surface area (Å²) in [7, 11) is -3.42. The van der Waals surface area contributed by atoms with Crippen LogP contribution in [-0.2, 0) is 16.6 Å². The number of nitrogens with one attached hydrogen (secondary N) is 1. The highest BCUT2D eigenvalue weighted by molar-refractivity contribution is 7.89. The maximum atomic E-state index is 12.7. The molecule has 0 saturated carbocycles. The normalized spacial score (nSPS) is 28.5. The van der Waals surface area contributed by atoms with E-state index in [1.807, 2.05) is 6.92 Å². The molecule has 0 amide bonds. The minimum Gasteiger partial charge on any atom is -0.312 e. The van der Waals surface area contributed by atoms with Gasteiger partial charge in [0.15, 0.2) is 5.03 Å². The molecule has 4 rings (SSSR count). The van der Waals surface area contributed by atoms with E-state index in [1.54, 1.807) is 21.3 Å². The van der Waals surface area contributed by atoms with Crippen LogP contribution < -0.4 is 5.32 Å². The zero-order valence-electron chi connectivity index (χ0n) is 11.1. The maximum absolute atomic E-state index is 12.7. The van der Waals surface area contributed by atoms with Crippen LogP contribution in [0.1, 0.15) is 19.8 Å². The zero-order chi connectivity index (χ0) is 13.5. The summed E-state index contributed by atoms with van der Waals surface area (Å²) in [6.45, 7) is 4.61. The Morgan fingerprint density at radius 3 is 2.95 bits per heavy atom. The molecular formula is C12H20N4O2S. The second-order valence-corrected chi connectivity index (χ2v) is 7.24. The van der Waals surface area contributed by atoms with Crippen LogP contribution in [0.15, 0.2) is 17.3 Å². The third kappa shape index (κ3) is 2.30. The van der Waals surface area contributed by atoms with Crippen LogP contribution in [0.4, 0.5) is 0 Å². The topological polar surface area (TPSA) is 67.2 Å². The third-order valence-electron chi connectivity index (χ3n) is 4.09. The highest BCUT2D eigenvalue weighted by atomic mass is 32.2. The van der Waals surface area contributed by atoms with E-state index >= 15 is 0 Å². The lowest BCUT2D eigenvalue weighted by molar-refractivity contribution is 0.356. The van der Waals surface area contributed by atoms with Crippen molar-refractivity contribution in [2.75, 3.05) is 19.6 Å². The summed E-state index contributed by atoms with van der Waals surface area (Å²) in [5.41, 5.74) is 0. The third-order valence-corrected chi connectivity index (χ3v) is 5.94. The molecule has 0 radical (unpaired) electrons. The van der Waals surface area contributed by atoms with E-state index in [1.165, 1.54) is 0 Å². The van der Waals surface area contributed by atoms with Gasteiger partial charge < -0.3 is 5.32 Å². The predicted molar refractivity (Wildman–Crippen MR) is 71.2 cm³/mol. The van der Waals surface area contributed by atoms with Gasteiger partial charge in [-0.2, -0.15) is 9.40 Å². The number of rotatable bonds is 3. The van der Waals surface area contributed by atoms with Crippen molar-refractivity contribution in [3.05, 3.63) is 12.3 Å². The van der Waals surface area contributed by atoms with Gasteiger partial charge >= 0.3 is 0 Å². The molecule has 3 saturated heterocycles. The number of aryl methyl sites for hydroxylation is 1. The highest BCUT2D eigenvalue weighted by Crippen LogP contribution is 2.26. The van der Waals surface area contributed by atoms with Crippen LogP contribution in [0.3, 0.4) is 0 Å². The average Bonchev–Trinajstić information content (AvgIpc) is 2.69. The first-order valence-electron chi connectivity index (χ1n) is 6.86. The quantitative estimate of drug-likeness (QED) is 0.865. The molecule has 1 aromatic rings. The van der Waals surface area contributed by atoms with Crippen molar-refractivity contribution in [2.45, 2.75) is 37.4 Å². The van der Waals surface area contributed by atoms with E-state index in [-0.39, 0.29) is 0 Å². The molecular weight excluding hydrogens is 264 g/mol. The molecule has 2 bridgehead atoms. The summed E-state index contributed by atoms with van der Waals surface area (Å²) in [6.07, 6.45) is 3.75. The molecule has 0 aliphatic carbocycles. The van der Waals surface area contributed by atoms with Gasteiger partial charge in [-0.05, 0) is 38.3 Å². The minimum atomic E-state index is -3.42. The molecule has 1 aromatic heterocycles. The summed E-state index contributed by atoms with van der Waals surface area (Å²) >= 11 is 0. The molecule has 1 N–H and O–H groups in total. The van der Waals surface area contributed by atoms with E-state index in [9.17, 15) is 8.42 Å². The zero-order valence-corrected chi connectivity index (χ0v) is 11.9. The lowest BCUT2D eigenvalue weighted by Gasteiger charge is -2.23. The van der Waals surface area contributed by atoms with Crippen LogP contribution in [0.5, 0.6) is 0 Å². The van der Waals surface area contributed by atoms with Gasteiger partial charge in [-0.25, -0.2) is 8.42 Å². The first-order valence-corrected chi connectivity index (χ1v) is 8.30. The van der Waals surface area contributed by atoms with Gasteiger partial charge in [0.1, 0.15) is 0 Å². The van der Waals surface area contributed by atoms with Crippen LogP contribution in [-0.4, -0.2) is 48.2 Å². The van der Waals surface area contributed by atoms with E-state index in [0.29, 0.717) is 36.6 Å². The van der Waals surface area contributed by atoms with Crippen molar-refractivity contribution in [3.8, 4) is 0 Å². The van der Waals surface area contributed by atoms with Crippen molar-refractivity contribution in [2.24, 2.45) is 5.92 Å². The van der Waals surface area contributed by atoms with Crippen molar-refractivity contribution in [1.29, 1.82) is 0 Å². The van der Waals surface area contributed by atoms with Gasteiger partial charge in [-0.3, -0.25) is 4.68 Å². The summed E-state index contributed by atoms with van der Waals surface area (Å²) < 4.78 is 28.7. The van der Waals surface area contributed by atoms with Crippen molar-refractivity contribution in [3.63, 3.8) is 0 Å². The molecule has 3 aliphatic rings. The Balaban J connectivity index is 1.92. The molecule has 7 heteroatoms. The summed E-state index contributed by atoms with van der Waals surface area (Å²) in [5, 5.41) is 7.81. The van der Waals surface area contributed by atoms with Gasteiger partial charge in [-0.1, -0.05) is 0 Å². The molecule has 3 aliphatic heterocycles. The SMILES string of the molecule is CCn1nccc1S(=O)(=O)N1C[C@H]2CC[C@@H](C1)NC2. The molecule has 0 unspecified atom stereocenters. The lowest BCUT2D eigenvalue weighted by atomic mass is 9.97. The first kappa shape index (κ1) is 13.1. The standard InChI is InChI=1S/C12H20N4O2S/c1-2-16-12(5-6-14-16)19(17,18)15-8-10-3-4-11(9-15)13-7-10/h5-6,10-11,13H,2-4,7-9H2,1H3/t10-,11-/m0/s1. The number of piperidine rings is 1. The number of sulfonamides is 1. The van der Waals surface area contributed by atoms with Gasteiger partial charge in [0.05, 0.1) is 6.20 Å². The highest BCUT2D eigenvalue weighted by Gasteiger charge is 2.36. The van der Waals surface area contributed by atoms with Crippen molar-refractivity contribution in [1.82, 2.24) is 19.4 Å². The van der Waals surface area contributed by atoms with Crippen LogP contribution in [0, 0.1) is 5.92 Å². The molecule has 6 nitrogen and oxygen atoms in total. The Morgan fingerprint density at radius 2 is 2.26 bits per heavy atom. The molecule has 3 fully saturated rings. The Labute approximate surface area is 113 Å². The molecule has 4 heterocycles. The van der Waals surface area contributed by atoms with Crippen molar-refractivity contribution < 1.29 is 8.42 Å². The fourth-order valence-electron chi connectivity index (χ4n) is 3.00. The second kappa shape index (κ2) is 4.88. The Hall–Kier alpha value is -0.920. The van der Waals surface area contributed by atoms with E-state index < -0.39 is 10.0 Å². The van der Waals surface area contributed by atoms with Gasteiger partial charge in [0.25, 0.3) is 10.0 Å². The fraction of sp³-hybridized carbons (Fsp3) is 0.750. The number of aromatic nitrogens is 2. The summed E-state index contributed by atoms with van der Waals surface area (Å²) in [6, 6.07) is 1.89. The minimum absolute atomic E-state index is 0.298. The molecule has 19 heavy (non-hydrogen) atoms. The number of hydrogen-bond donors (Lipinski definition) is 1. The lowest BCUT2D eigenvalue weighted by Crippen LogP contribution is -2.40. The molecule has 0 aromatic carbocycles. The number of fused-ring (bicyclic) bond motifs is 4. The molecule has 106 valence electrons. The Morgan fingerprint density at radius 1 is 1.42 bits per heavy atom. The Bertz CT molecular complexity index is 532. The summed E-state index contributed by atoms with van der Waals surface area (Å²) in [5.74, 6) is 0.437. The molecule has 2 atom stereocenters. The maximum Gasteiger partial charge on any atom is 0.260 e. The number of hydrogen-bond acceptors (Lipinski definition) is 4. The van der Waals surface area contributed by atoms with Crippen LogP contribution in [0.25, 0.3) is 0 Å². The molecule has 0 spiro atoms. The van der Waals surface area contributed by atoms with Gasteiger partial charge in [0, 0.05) is 25.7 Å². The smallest absolute Gasteiger partial charge is 0.260 e. The number of nitrogens with zero attached hydrogens (tertiary/aromatic N) is 3. The van der Waals surface area contributed by atoms with Crippen LogP contribution in [0.2, 0.25) is 0 Å². The van der Waals surface area contributed by atoms with Gasteiger partial charge in [-0.15, -0.1) is 0 Å². The van der Waals surface area contributed by atoms with E-state index in [4.69, 9.17) is 0 Å². The fourth-order valence-corrected chi connectivity index (χ4v) is 4.72. The summed E-state index contributed by atoms with van der Waals surface area (Å²) in [4.78, 5) is 0. The monoisotopic (exact) mass is 284 g/mol. The Kier molecular flexibility index (Phi) is 3.36. The van der Waals surface area contributed by atoms with Crippen LogP contribution >= 0.6 is 0 Å². The first-order chi connectivity index (χ1) is 9.11. The second-order valence-electron chi connectivity index (χ2n) is 5.36. The average molecular weight is 284 g/mol. The van der Waals surface area contributed by atoms with Crippen molar-refractivity contribution >= 4 is 10.0 Å². The van der Waals surface area contributed by atoms with E-state index in [2.05, 4.69) is 10.4 Å². The van der Waals surface area contributed by atoms with E-state index in [0.717, 1.165) is 19.4 Å².